The van der Waals surface area contributed by atoms with Crippen molar-refractivity contribution in [1.29, 1.82) is 0 Å². The van der Waals surface area contributed by atoms with Gasteiger partial charge in [-0.2, -0.15) is 0 Å². The second-order valence-electron chi connectivity index (χ2n) is 8.64. The third-order valence-corrected chi connectivity index (χ3v) is 5.88. The van der Waals surface area contributed by atoms with Gasteiger partial charge in [-0.15, -0.1) is 0 Å². The van der Waals surface area contributed by atoms with Gasteiger partial charge in [0.05, 0.1) is 11.1 Å². The van der Waals surface area contributed by atoms with Gasteiger partial charge in [0, 0.05) is 22.3 Å². The molecule has 2 N–H and O–H groups in total. The zero-order valence-electron chi connectivity index (χ0n) is 20.7. The van der Waals surface area contributed by atoms with Gasteiger partial charge in [-0.25, -0.2) is 9.59 Å². The fourth-order valence-electron chi connectivity index (χ4n) is 3.74. The third-order valence-electron chi connectivity index (χ3n) is 5.88. The highest BCUT2D eigenvalue weighted by molar-refractivity contribution is 5.88. The van der Waals surface area contributed by atoms with Crippen LogP contribution in [0.5, 0.6) is 0 Å². The molecule has 0 aliphatic carbocycles. The minimum atomic E-state index is -0.952. The Hall–Kier alpha value is -4.28. The van der Waals surface area contributed by atoms with Crippen molar-refractivity contribution in [3.8, 4) is 23.7 Å². The lowest BCUT2D eigenvalue weighted by Crippen LogP contribution is -1.99. The molecule has 0 aromatic heterocycles. The monoisotopic (exact) mass is 478 g/mol. The Morgan fingerprint density at radius 2 is 0.972 bits per heavy atom. The first-order chi connectivity index (χ1) is 17.4. The fourth-order valence-corrected chi connectivity index (χ4v) is 3.74. The maximum Gasteiger partial charge on any atom is 0.335 e. The van der Waals surface area contributed by atoms with Crippen LogP contribution in [-0.4, -0.2) is 22.2 Å². The molecule has 4 nitrogen and oxygen atoms in total. The molecule has 36 heavy (non-hydrogen) atoms. The van der Waals surface area contributed by atoms with Crippen LogP contribution < -0.4 is 0 Å². The topological polar surface area (TPSA) is 74.6 Å². The average Bonchev–Trinajstić information content (AvgIpc) is 2.89. The zero-order valence-corrected chi connectivity index (χ0v) is 20.7. The van der Waals surface area contributed by atoms with E-state index in [9.17, 15) is 9.59 Å². The minimum Gasteiger partial charge on any atom is -0.478 e. The van der Waals surface area contributed by atoms with Gasteiger partial charge in [-0.1, -0.05) is 50.4 Å². The summed E-state index contributed by atoms with van der Waals surface area (Å²) in [5.41, 5.74) is 6.28. The van der Waals surface area contributed by atoms with Gasteiger partial charge in [-0.3, -0.25) is 0 Å². The Labute approximate surface area is 213 Å². The first-order valence-corrected chi connectivity index (χ1v) is 12.3. The molecule has 0 aliphatic rings. The van der Waals surface area contributed by atoms with E-state index in [1.165, 1.54) is 0 Å². The van der Waals surface area contributed by atoms with E-state index in [2.05, 4.69) is 49.7 Å². The van der Waals surface area contributed by atoms with E-state index < -0.39 is 11.9 Å². The van der Waals surface area contributed by atoms with E-state index in [0.717, 1.165) is 71.9 Å². The molecule has 4 heteroatoms. The van der Waals surface area contributed by atoms with Gasteiger partial charge in [-0.05, 0) is 97.5 Å². The number of carbonyl (C=O) groups is 2. The lowest BCUT2D eigenvalue weighted by molar-refractivity contribution is 0.0686. The predicted octanol–water partition coefficient (Wildman–Crippen LogP) is 6.57. The van der Waals surface area contributed by atoms with Crippen LogP contribution in [0.15, 0.2) is 60.7 Å². The first-order valence-electron chi connectivity index (χ1n) is 12.3. The predicted molar refractivity (Wildman–Crippen MR) is 142 cm³/mol. The molecule has 3 aromatic rings. The van der Waals surface area contributed by atoms with Crippen LogP contribution in [0.3, 0.4) is 0 Å². The molecule has 3 aromatic carbocycles. The summed E-state index contributed by atoms with van der Waals surface area (Å²) in [5.74, 6) is 11.1. The van der Waals surface area contributed by atoms with Crippen LogP contribution in [0.4, 0.5) is 0 Å². The molecule has 0 fully saturated rings. The van der Waals surface area contributed by atoms with Crippen LogP contribution in [-0.2, 0) is 12.8 Å². The van der Waals surface area contributed by atoms with E-state index in [-0.39, 0.29) is 11.1 Å². The van der Waals surface area contributed by atoms with Gasteiger partial charge >= 0.3 is 11.9 Å². The Morgan fingerprint density at radius 1 is 0.611 bits per heavy atom. The number of carboxylic acid groups (broad SMARTS) is 2. The molecule has 0 radical (unpaired) electrons. The number of benzene rings is 3. The van der Waals surface area contributed by atoms with Crippen molar-refractivity contribution in [1.82, 2.24) is 0 Å². The largest absolute Gasteiger partial charge is 0.478 e. The second-order valence-corrected chi connectivity index (χ2v) is 8.64. The molecule has 0 saturated carbocycles. The highest BCUT2D eigenvalue weighted by Gasteiger charge is 2.09. The number of hydrogen-bond acceptors (Lipinski definition) is 2. The number of rotatable bonds is 8. The summed E-state index contributed by atoms with van der Waals surface area (Å²) in [5, 5.41) is 18.2. The lowest BCUT2D eigenvalue weighted by Gasteiger charge is -2.11. The van der Waals surface area contributed by atoms with Crippen LogP contribution in [0.25, 0.3) is 0 Å². The van der Waals surface area contributed by atoms with Gasteiger partial charge < -0.3 is 10.2 Å². The molecule has 0 unspecified atom stereocenters. The summed E-state index contributed by atoms with van der Waals surface area (Å²) in [7, 11) is 0. The normalized spacial score (nSPS) is 10.1. The summed E-state index contributed by atoms with van der Waals surface area (Å²) in [6.07, 6.45) is 6.01. The smallest absolute Gasteiger partial charge is 0.335 e. The molecule has 0 spiro atoms. The number of hydrogen-bond donors (Lipinski definition) is 2. The molecule has 182 valence electrons. The quantitative estimate of drug-likeness (QED) is 0.359. The summed E-state index contributed by atoms with van der Waals surface area (Å²) >= 11 is 0. The standard InChI is InChI=1S/C32H30O4/c1-3-5-7-27-21-30(20-14-24-11-17-26(18-12-24)32(35)36)28(8-6-4-2)22-29(27)19-13-23-9-15-25(16-10-23)31(33)34/h9-12,15-18,21-22H,3-8H2,1-2H3,(H,33,34)(H,35,36). The summed E-state index contributed by atoms with van der Waals surface area (Å²) in [6.45, 7) is 4.32. The maximum absolute atomic E-state index is 11.1. The highest BCUT2D eigenvalue weighted by atomic mass is 16.4. The summed E-state index contributed by atoms with van der Waals surface area (Å²) in [6, 6.07) is 17.5. The minimum absolute atomic E-state index is 0.242. The van der Waals surface area contributed by atoms with E-state index in [4.69, 9.17) is 10.2 Å². The molecular weight excluding hydrogens is 448 g/mol. The van der Waals surface area contributed by atoms with Crippen LogP contribution in [0.1, 0.15) is 93.6 Å². The summed E-state index contributed by atoms with van der Waals surface area (Å²) in [4.78, 5) is 22.2. The van der Waals surface area contributed by atoms with Gasteiger partial charge in [0.25, 0.3) is 0 Å². The van der Waals surface area contributed by atoms with Crippen molar-refractivity contribution >= 4 is 11.9 Å². The van der Waals surface area contributed by atoms with Gasteiger partial charge in [0.1, 0.15) is 0 Å². The number of aromatic carboxylic acids is 2. The number of unbranched alkanes of at least 4 members (excludes halogenated alkanes) is 2. The second kappa shape index (κ2) is 13.0. The lowest BCUT2D eigenvalue weighted by atomic mass is 9.92. The Morgan fingerprint density at radius 3 is 1.28 bits per heavy atom. The van der Waals surface area contributed by atoms with E-state index in [1.807, 2.05) is 0 Å². The molecule has 0 atom stereocenters. The fraction of sp³-hybridized carbons (Fsp3) is 0.250. The van der Waals surface area contributed by atoms with Crippen molar-refractivity contribution in [3.05, 3.63) is 105 Å². The Bertz CT molecular complexity index is 1230. The van der Waals surface area contributed by atoms with E-state index in [1.54, 1.807) is 48.5 Å². The van der Waals surface area contributed by atoms with Crippen molar-refractivity contribution in [3.63, 3.8) is 0 Å². The molecule has 0 bridgehead atoms. The van der Waals surface area contributed by atoms with Crippen molar-refractivity contribution in [2.75, 3.05) is 0 Å². The first kappa shape index (κ1) is 26.3. The molecule has 0 saturated heterocycles. The SMILES string of the molecule is CCCCc1cc(C#Cc2ccc(C(=O)O)cc2)c(CCCC)cc1C#Cc1ccc(C(=O)O)cc1. The van der Waals surface area contributed by atoms with Crippen LogP contribution >= 0.6 is 0 Å². The van der Waals surface area contributed by atoms with Gasteiger partial charge in [0.2, 0.25) is 0 Å². The van der Waals surface area contributed by atoms with Crippen molar-refractivity contribution in [2.24, 2.45) is 0 Å². The average molecular weight is 479 g/mol. The number of carboxylic acids is 2. The zero-order chi connectivity index (χ0) is 25.9. The van der Waals surface area contributed by atoms with Crippen LogP contribution in [0.2, 0.25) is 0 Å². The molecule has 3 rings (SSSR count). The molecule has 0 amide bonds. The third kappa shape index (κ3) is 7.36. The summed E-state index contributed by atoms with van der Waals surface area (Å²) < 4.78 is 0. The maximum atomic E-state index is 11.1. The van der Waals surface area contributed by atoms with Gasteiger partial charge in [0.15, 0.2) is 0 Å². The highest BCUT2D eigenvalue weighted by Crippen LogP contribution is 2.21. The Kier molecular flexibility index (Phi) is 9.49. The molecule has 0 heterocycles. The molecule has 0 aliphatic heterocycles. The van der Waals surface area contributed by atoms with Crippen molar-refractivity contribution in [2.45, 2.75) is 52.4 Å². The van der Waals surface area contributed by atoms with Crippen LogP contribution in [0, 0.1) is 23.7 Å². The molecular formula is C32H30O4. The van der Waals surface area contributed by atoms with E-state index >= 15 is 0 Å². The van der Waals surface area contributed by atoms with E-state index in [0.29, 0.717) is 0 Å². The van der Waals surface area contributed by atoms with Crippen molar-refractivity contribution < 1.29 is 19.8 Å². The Balaban J connectivity index is 2.00. The number of aryl methyl sites for hydroxylation is 2.